The average Bonchev–Trinajstić information content (AvgIpc) is 3.27. The van der Waals surface area contributed by atoms with Gasteiger partial charge in [-0.25, -0.2) is 0 Å². The third-order valence-corrected chi connectivity index (χ3v) is 7.08. The second kappa shape index (κ2) is 13.2. The molecule has 3 rings (SSSR count). The molecule has 34 heavy (non-hydrogen) atoms. The number of carbonyl (C=O) groups is 2. The summed E-state index contributed by atoms with van der Waals surface area (Å²) in [4.78, 5) is 29.5. The summed E-state index contributed by atoms with van der Waals surface area (Å²) in [5.74, 6) is 0.749. The van der Waals surface area contributed by atoms with Crippen molar-refractivity contribution >= 4 is 40.2 Å². The van der Waals surface area contributed by atoms with E-state index >= 15 is 0 Å². The Kier molecular flexibility index (Phi) is 10.1. The van der Waals surface area contributed by atoms with Gasteiger partial charge in [-0.2, -0.15) is 0 Å². The summed E-state index contributed by atoms with van der Waals surface area (Å²) >= 11 is 1.58. The van der Waals surface area contributed by atoms with Crippen LogP contribution >= 0.6 is 11.8 Å². The largest absolute Gasteiger partial charge is 0.465 e. The number of carbonyl (C=O) groups excluding carboxylic acids is 2. The van der Waals surface area contributed by atoms with E-state index in [4.69, 9.17) is 4.74 Å². The number of hydrogen-bond donors (Lipinski definition) is 2. The first kappa shape index (κ1) is 25.9. The molecule has 1 amide bonds. The Morgan fingerprint density at radius 2 is 1.94 bits per heavy atom. The molecular formula is C28H36N2O3S. The van der Waals surface area contributed by atoms with E-state index in [0.717, 1.165) is 39.9 Å². The van der Waals surface area contributed by atoms with Gasteiger partial charge in [0, 0.05) is 33.4 Å². The molecule has 0 saturated heterocycles. The smallest absolute Gasteiger partial charge is 0.306 e. The Labute approximate surface area is 207 Å². The van der Waals surface area contributed by atoms with Crippen LogP contribution in [0, 0.1) is 12.8 Å². The summed E-state index contributed by atoms with van der Waals surface area (Å²) in [6, 6.07) is 13.7. The Morgan fingerprint density at radius 3 is 2.71 bits per heavy atom. The predicted octanol–water partition coefficient (Wildman–Crippen LogP) is 7.36. The highest BCUT2D eigenvalue weighted by molar-refractivity contribution is 7.99. The van der Waals surface area contributed by atoms with Crippen LogP contribution in [0.15, 0.2) is 53.6 Å². The molecular weight excluding hydrogens is 444 g/mol. The van der Waals surface area contributed by atoms with Gasteiger partial charge >= 0.3 is 5.97 Å². The maximum Gasteiger partial charge on any atom is 0.306 e. The summed E-state index contributed by atoms with van der Waals surface area (Å²) in [5, 5.41) is 3.87. The fourth-order valence-electron chi connectivity index (χ4n) is 3.99. The highest BCUT2D eigenvalue weighted by Crippen LogP contribution is 2.31. The van der Waals surface area contributed by atoms with Crippen LogP contribution in [-0.2, 0) is 9.53 Å². The lowest BCUT2D eigenvalue weighted by molar-refractivity contribution is -0.144. The lowest BCUT2D eigenvalue weighted by Gasteiger charge is -2.15. The highest BCUT2D eigenvalue weighted by Gasteiger charge is 2.16. The van der Waals surface area contributed by atoms with Crippen molar-refractivity contribution in [2.45, 2.75) is 64.2 Å². The van der Waals surface area contributed by atoms with E-state index in [0.29, 0.717) is 30.3 Å². The lowest BCUT2D eigenvalue weighted by Crippen LogP contribution is -2.14. The fraction of sp³-hybridized carbons (Fsp3) is 0.429. The van der Waals surface area contributed by atoms with Crippen LogP contribution in [0.2, 0.25) is 0 Å². The third kappa shape index (κ3) is 7.39. The molecule has 1 unspecified atom stereocenters. The van der Waals surface area contributed by atoms with Gasteiger partial charge in [-0.05, 0) is 49.1 Å². The monoisotopic (exact) mass is 480 g/mol. The lowest BCUT2D eigenvalue weighted by atomic mass is 10.00. The van der Waals surface area contributed by atoms with Crippen LogP contribution in [0.4, 0.5) is 5.69 Å². The number of ether oxygens (including phenoxy) is 1. The average molecular weight is 481 g/mol. The number of anilines is 1. The first-order chi connectivity index (χ1) is 16.5. The molecule has 3 aromatic rings. The van der Waals surface area contributed by atoms with Gasteiger partial charge in [-0.1, -0.05) is 57.7 Å². The summed E-state index contributed by atoms with van der Waals surface area (Å²) in [7, 11) is 0. The van der Waals surface area contributed by atoms with Gasteiger partial charge in [0.25, 0.3) is 5.91 Å². The van der Waals surface area contributed by atoms with Crippen molar-refractivity contribution in [1.29, 1.82) is 0 Å². The van der Waals surface area contributed by atoms with E-state index < -0.39 is 0 Å². The molecule has 0 aliphatic rings. The Morgan fingerprint density at radius 1 is 1.12 bits per heavy atom. The minimum atomic E-state index is -0.155. The van der Waals surface area contributed by atoms with Crippen LogP contribution in [0.3, 0.4) is 0 Å². The minimum absolute atomic E-state index is 0.153. The standard InChI is InChI=1S/C28H36N2O3S/c1-4-6-7-11-21(5-2)19-33-26(31)15-16-34-25-14-9-13-24-27(25)23(18-29-24)28(32)30-22-12-8-10-20(3)17-22/h8-10,12-14,17-18,21,29H,4-7,11,15-16,19H2,1-3H3,(H,30,32). The molecule has 0 fully saturated rings. The van der Waals surface area contributed by atoms with Crippen LogP contribution in [0.25, 0.3) is 10.9 Å². The number of rotatable bonds is 13. The van der Waals surface area contributed by atoms with E-state index in [1.807, 2.05) is 49.4 Å². The molecule has 0 saturated carbocycles. The second-order valence-electron chi connectivity index (χ2n) is 8.76. The van der Waals surface area contributed by atoms with Gasteiger partial charge in [-0.15, -0.1) is 11.8 Å². The maximum atomic E-state index is 13.0. The number of nitrogens with one attached hydrogen (secondary N) is 2. The van der Waals surface area contributed by atoms with Crippen LogP contribution < -0.4 is 5.32 Å². The Bertz CT molecular complexity index is 1090. The topological polar surface area (TPSA) is 71.2 Å². The maximum absolute atomic E-state index is 13.0. The molecule has 0 spiro atoms. The number of amides is 1. The van der Waals surface area contributed by atoms with Crippen LogP contribution in [0.5, 0.6) is 0 Å². The summed E-state index contributed by atoms with van der Waals surface area (Å²) < 4.78 is 5.55. The number of aromatic nitrogens is 1. The first-order valence-corrected chi connectivity index (χ1v) is 13.3. The number of thioether (sulfide) groups is 1. The van der Waals surface area contributed by atoms with E-state index in [9.17, 15) is 9.59 Å². The number of benzene rings is 2. The van der Waals surface area contributed by atoms with Gasteiger partial charge in [0.15, 0.2) is 0 Å². The molecule has 0 radical (unpaired) electrons. The van der Waals surface area contributed by atoms with Gasteiger partial charge < -0.3 is 15.0 Å². The van der Waals surface area contributed by atoms with Crippen molar-refractivity contribution in [3.8, 4) is 0 Å². The molecule has 0 aliphatic carbocycles. The number of unbranched alkanes of at least 4 members (excludes halogenated alkanes) is 2. The number of aromatic amines is 1. The zero-order valence-corrected chi connectivity index (χ0v) is 21.3. The molecule has 2 N–H and O–H groups in total. The quantitative estimate of drug-likeness (QED) is 0.152. The van der Waals surface area contributed by atoms with Crippen molar-refractivity contribution in [3.05, 3.63) is 59.8 Å². The zero-order chi connectivity index (χ0) is 24.3. The Balaban J connectivity index is 1.57. The molecule has 1 heterocycles. The van der Waals surface area contributed by atoms with Crippen molar-refractivity contribution in [3.63, 3.8) is 0 Å². The van der Waals surface area contributed by atoms with Gasteiger partial charge in [0.2, 0.25) is 0 Å². The van der Waals surface area contributed by atoms with E-state index in [2.05, 4.69) is 24.1 Å². The van der Waals surface area contributed by atoms with Crippen molar-refractivity contribution in [2.75, 3.05) is 17.7 Å². The van der Waals surface area contributed by atoms with E-state index in [1.54, 1.807) is 18.0 Å². The second-order valence-corrected chi connectivity index (χ2v) is 9.89. The minimum Gasteiger partial charge on any atom is -0.465 e. The van der Waals surface area contributed by atoms with Crippen LogP contribution in [-0.4, -0.2) is 29.2 Å². The molecule has 1 atom stereocenters. The normalized spacial score (nSPS) is 12.0. The van der Waals surface area contributed by atoms with Gasteiger partial charge in [-0.3, -0.25) is 9.59 Å². The Hall–Kier alpha value is -2.73. The van der Waals surface area contributed by atoms with Crippen molar-refractivity contribution in [2.24, 2.45) is 5.92 Å². The molecule has 2 aromatic carbocycles. The van der Waals surface area contributed by atoms with E-state index in [-0.39, 0.29) is 11.9 Å². The molecule has 182 valence electrons. The molecule has 1 aromatic heterocycles. The number of hydrogen-bond acceptors (Lipinski definition) is 4. The van der Waals surface area contributed by atoms with Crippen molar-refractivity contribution < 1.29 is 14.3 Å². The fourth-order valence-corrected chi connectivity index (χ4v) is 5.02. The first-order valence-electron chi connectivity index (χ1n) is 12.3. The van der Waals surface area contributed by atoms with Crippen LogP contribution in [0.1, 0.15) is 68.3 Å². The predicted molar refractivity (Wildman–Crippen MR) is 142 cm³/mol. The number of esters is 1. The van der Waals surface area contributed by atoms with Crippen molar-refractivity contribution in [1.82, 2.24) is 4.98 Å². The molecule has 0 bridgehead atoms. The summed E-state index contributed by atoms with van der Waals surface area (Å²) in [6.45, 7) is 6.87. The number of fused-ring (bicyclic) bond motifs is 1. The van der Waals surface area contributed by atoms with Gasteiger partial charge in [0.05, 0.1) is 18.6 Å². The highest BCUT2D eigenvalue weighted by atomic mass is 32.2. The number of aryl methyl sites for hydroxylation is 1. The molecule has 6 heteroatoms. The zero-order valence-electron chi connectivity index (χ0n) is 20.5. The van der Waals surface area contributed by atoms with Gasteiger partial charge in [0.1, 0.15) is 0 Å². The SMILES string of the molecule is CCCCCC(CC)COC(=O)CCSc1cccc2[nH]cc(C(=O)Nc3cccc(C)c3)c12. The molecule has 0 aliphatic heterocycles. The summed E-state index contributed by atoms with van der Waals surface area (Å²) in [6.07, 6.45) is 7.89. The summed E-state index contributed by atoms with van der Waals surface area (Å²) in [5.41, 5.74) is 3.36. The molecule has 5 nitrogen and oxygen atoms in total. The van der Waals surface area contributed by atoms with E-state index in [1.165, 1.54) is 19.3 Å². The number of H-pyrrole nitrogens is 1. The third-order valence-electron chi connectivity index (χ3n) is 6.03.